The molecular formula is C32H56O10. The van der Waals surface area contributed by atoms with Gasteiger partial charge in [0.2, 0.25) is 0 Å². The van der Waals surface area contributed by atoms with E-state index in [1.807, 2.05) is 20.8 Å². The van der Waals surface area contributed by atoms with Crippen LogP contribution >= 0.6 is 0 Å². The molecular weight excluding hydrogens is 544 g/mol. The fraction of sp³-hybridized carbons (Fsp3) is 1.00. The Labute approximate surface area is 250 Å². The molecule has 10 nitrogen and oxygen atoms in total. The highest BCUT2D eigenvalue weighted by molar-refractivity contribution is 5.21. The second-order valence-electron chi connectivity index (χ2n) is 15.6. The summed E-state index contributed by atoms with van der Waals surface area (Å²) in [5, 5.41) is 86.6. The molecule has 42 heavy (non-hydrogen) atoms. The van der Waals surface area contributed by atoms with Crippen molar-refractivity contribution in [3.05, 3.63) is 0 Å². The number of fused-ring (bicyclic) bond motifs is 5. The van der Waals surface area contributed by atoms with Gasteiger partial charge in [-0.25, -0.2) is 0 Å². The first-order chi connectivity index (χ1) is 19.6. The van der Waals surface area contributed by atoms with E-state index >= 15 is 0 Å². The van der Waals surface area contributed by atoms with Gasteiger partial charge in [-0.2, -0.15) is 0 Å². The Hall–Kier alpha value is -0.400. The van der Waals surface area contributed by atoms with Crippen LogP contribution in [0.5, 0.6) is 0 Å². The molecule has 0 bridgehead atoms. The third-order valence-electron chi connectivity index (χ3n) is 12.9. The SMILES string of the molecule is CC(C)C(CCC(C)C1CC(O)C2C1(C)CCC1C3(C)CCC(O)C(O)C3C(O)CC12O)OC1OC(CO)C(O)C1O. The third-order valence-corrected chi connectivity index (χ3v) is 12.9. The predicted octanol–water partition coefficient (Wildman–Crippen LogP) is 0.930. The normalized spacial score (nSPS) is 53.9. The number of hydrogen-bond donors (Lipinski definition) is 8. The molecule has 0 aromatic rings. The lowest BCUT2D eigenvalue weighted by atomic mass is 9.41. The monoisotopic (exact) mass is 600 g/mol. The van der Waals surface area contributed by atoms with E-state index in [-0.39, 0.29) is 41.6 Å². The topological polar surface area (TPSA) is 180 Å². The van der Waals surface area contributed by atoms with E-state index in [0.29, 0.717) is 25.7 Å². The zero-order valence-corrected chi connectivity index (χ0v) is 25.9. The Morgan fingerprint density at radius 2 is 1.50 bits per heavy atom. The second kappa shape index (κ2) is 11.8. The standard InChI is InChI=1S/C32H56O10/c1-15(2)21(41-29-27(39)26(38)22(14-33)42-29)7-6-16(3)17-12-19(35)28-30(17,4)11-9-23-31(5)10-8-18(34)25(37)24(31)20(36)13-32(23,28)40/h15-29,33-40H,6-14H2,1-5H3. The second-order valence-corrected chi connectivity index (χ2v) is 15.6. The smallest absolute Gasteiger partial charge is 0.186 e. The summed E-state index contributed by atoms with van der Waals surface area (Å²) in [5.41, 5.74) is -2.14. The Morgan fingerprint density at radius 3 is 2.12 bits per heavy atom. The van der Waals surface area contributed by atoms with Crippen molar-refractivity contribution in [2.24, 2.45) is 46.3 Å². The molecule has 0 spiro atoms. The summed E-state index contributed by atoms with van der Waals surface area (Å²) in [6, 6.07) is 0. The van der Waals surface area contributed by atoms with Gasteiger partial charge in [0.25, 0.3) is 0 Å². The highest BCUT2D eigenvalue weighted by atomic mass is 16.7. The molecule has 1 heterocycles. The summed E-state index contributed by atoms with van der Waals surface area (Å²) < 4.78 is 11.7. The Bertz CT molecular complexity index is 950. The van der Waals surface area contributed by atoms with Crippen molar-refractivity contribution in [3.8, 4) is 0 Å². The predicted molar refractivity (Wildman–Crippen MR) is 153 cm³/mol. The van der Waals surface area contributed by atoms with Gasteiger partial charge >= 0.3 is 0 Å². The lowest BCUT2D eigenvalue weighted by molar-refractivity contribution is -0.280. The molecule has 0 aromatic carbocycles. The van der Waals surface area contributed by atoms with Crippen molar-refractivity contribution in [3.63, 3.8) is 0 Å². The molecule has 10 heteroatoms. The van der Waals surface area contributed by atoms with Crippen molar-refractivity contribution in [2.45, 2.75) is 147 Å². The Kier molecular flexibility index (Phi) is 9.23. The van der Waals surface area contributed by atoms with Crippen LogP contribution in [0.2, 0.25) is 0 Å². The third kappa shape index (κ3) is 5.10. The average molecular weight is 601 g/mol. The molecule has 0 radical (unpaired) electrons. The quantitative estimate of drug-likeness (QED) is 0.200. The molecule has 1 aliphatic heterocycles. The first-order valence-corrected chi connectivity index (χ1v) is 16.3. The number of rotatable bonds is 8. The van der Waals surface area contributed by atoms with Crippen LogP contribution in [0.4, 0.5) is 0 Å². The molecule has 5 rings (SSSR count). The molecule has 0 amide bonds. The van der Waals surface area contributed by atoms with Gasteiger partial charge in [-0.3, -0.25) is 0 Å². The van der Waals surface area contributed by atoms with Gasteiger partial charge in [0.05, 0.1) is 42.7 Å². The highest BCUT2D eigenvalue weighted by Gasteiger charge is 2.71. The van der Waals surface area contributed by atoms with Gasteiger partial charge in [-0.15, -0.1) is 0 Å². The summed E-state index contributed by atoms with van der Waals surface area (Å²) in [5.74, 6) is -0.623. The molecule has 1 saturated heterocycles. The number of aliphatic hydroxyl groups excluding tert-OH is 7. The van der Waals surface area contributed by atoms with Gasteiger partial charge in [-0.05, 0) is 79.4 Å². The van der Waals surface area contributed by atoms with E-state index in [9.17, 15) is 40.9 Å². The lowest BCUT2D eigenvalue weighted by Gasteiger charge is -2.66. The van der Waals surface area contributed by atoms with E-state index < -0.39 is 78.5 Å². The largest absolute Gasteiger partial charge is 0.394 e. The highest BCUT2D eigenvalue weighted by Crippen LogP contribution is 2.69. The van der Waals surface area contributed by atoms with Crippen LogP contribution in [0.15, 0.2) is 0 Å². The fourth-order valence-corrected chi connectivity index (χ4v) is 10.9. The first-order valence-electron chi connectivity index (χ1n) is 16.3. The van der Waals surface area contributed by atoms with Crippen molar-refractivity contribution < 1.29 is 50.3 Å². The van der Waals surface area contributed by atoms with Gasteiger partial charge in [0.15, 0.2) is 6.29 Å². The van der Waals surface area contributed by atoms with Crippen LogP contribution in [0.25, 0.3) is 0 Å². The molecule has 17 atom stereocenters. The molecule has 0 aromatic heterocycles. The minimum atomic E-state index is -1.27. The molecule has 4 saturated carbocycles. The fourth-order valence-electron chi connectivity index (χ4n) is 10.9. The number of aliphatic hydroxyl groups is 8. The van der Waals surface area contributed by atoms with Gasteiger partial charge < -0.3 is 50.3 Å². The van der Waals surface area contributed by atoms with Crippen molar-refractivity contribution in [2.75, 3.05) is 6.61 Å². The van der Waals surface area contributed by atoms with E-state index in [1.165, 1.54) is 0 Å². The minimum absolute atomic E-state index is 0.0911. The van der Waals surface area contributed by atoms with Crippen LogP contribution in [0, 0.1) is 46.3 Å². The van der Waals surface area contributed by atoms with Gasteiger partial charge in [0, 0.05) is 18.3 Å². The molecule has 5 fully saturated rings. The van der Waals surface area contributed by atoms with E-state index in [4.69, 9.17) is 9.47 Å². The van der Waals surface area contributed by atoms with Crippen LogP contribution in [0.1, 0.15) is 86.0 Å². The summed E-state index contributed by atoms with van der Waals surface area (Å²) in [4.78, 5) is 0. The van der Waals surface area contributed by atoms with Gasteiger partial charge in [0.1, 0.15) is 18.3 Å². The summed E-state index contributed by atoms with van der Waals surface area (Å²) in [6.45, 7) is 10.1. The zero-order valence-electron chi connectivity index (χ0n) is 25.9. The summed E-state index contributed by atoms with van der Waals surface area (Å²) >= 11 is 0. The molecule has 5 aliphatic rings. The van der Waals surface area contributed by atoms with Crippen molar-refractivity contribution in [1.82, 2.24) is 0 Å². The van der Waals surface area contributed by atoms with Crippen molar-refractivity contribution in [1.29, 1.82) is 0 Å². The Balaban J connectivity index is 1.30. The molecule has 8 N–H and O–H groups in total. The lowest BCUT2D eigenvalue weighted by Crippen LogP contribution is -2.70. The zero-order chi connectivity index (χ0) is 30.9. The molecule has 4 aliphatic carbocycles. The van der Waals surface area contributed by atoms with Crippen LogP contribution in [0.3, 0.4) is 0 Å². The van der Waals surface area contributed by atoms with Crippen molar-refractivity contribution >= 4 is 0 Å². The van der Waals surface area contributed by atoms with Crippen LogP contribution in [-0.4, -0.2) is 108 Å². The maximum atomic E-state index is 12.5. The van der Waals surface area contributed by atoms with Crippen LogP contribution < -0.4 is 0 Å². The van der Waals surface area contributed by atoms with Crippen LogP contribution in [-0.2, 0) is 9.47 Å². The first kappa shape index (κ1) is 33.0. The summed E-state index contributed by atoms with van der Waals surface area (Å²) in [6.07, 6.45) is -3.39. The molecule has 244 valence electrons. The molecule has 17 unspecified atom stereocenters. The average Bonchev–Trinajstić information content (AvgIpc) is 3.35. The summed E-state index contributed by atoms with van der Waals surface area (Å²) in [7, 11) is 0. The maximum Gasteiger partial charge on any atom is 0.186 e. The number of hydrogen-bond acceptors (Lipinski definition) is 10. The van der Waals surface area contributed by atoms with E-state index in [2.05, 4.69) is 13.8 Å². The minimum Gasteiger partial charge on any atom is -0.394 e. The number of ether oxygens (including phenoxy) is 2. The van der Waals surface area contributed by atoms with E-state index in [0.717, 1.165) is 19.3 Å². The van der Waals surface area contributed by atoms with E-state index in [1.54, 1.807) is 0 Å². The maximum absolute atomic E-state index is 12.5. The Morgan fingerprint density at radius 1 is 0.833 bits per heavy atom. The van der Waals surface area contributed by atoms with Gasteiger partial charge in [-0.1, -0.05) is 34.6 Å².